The molecule has 0 bridgehead atoms. The summed E-state index contributed by atoms with van der Waals surface area (Å²) in [6, 6.07) is 0. The number of fused-ring (bicyclic) bond motifs is 6. The molecule has 10 nitrogen and oxygen atoms in total. The van der Waals surface area contributed by atoms with Crippen LogP contribution >= 0.6 is 7.82 Å². The number of nitrogen functional groups attached to an aromatic ring is 1. The lowest BCUT2D eigenvalue weighted by atomic mass is 9.47. The van der Waals surface area contributed by atoms with Gasteiger partial charge in [-0.15, -0.1) is 0 Å². The number of phosphoric ester groups is 1. The van der Waals surface area contributed by atoms with Crippen molar-refractivity contribution in [2.24, 2.45) is 46.3 Å². The van der Waals surface area contributed by atoms with Crippen molar-refractivity contribution < 1.29 is 23.2 Å². The van der Waals surface area contributed by atoms with Crippen molar-refractivity contribution in [1.82, 2.24) is 19.5 Å². The van der Waals surface area contributed by atoms with Crippen LogP contribution in [-0.4, -0.2) is 42.7 Å². The molecule has 3 heterocycles. The summed E-state index contributed by atoms with van der Waals surface area (Å²) < 4.78 is 33.1. The molecule has 1 saturated heterocycles. The van der Waals surface area contributed by atoms with Crippen LogP contribution in [-0.2, 0) is 18.3 Å². The van der Waals surface area contributed by atoms with Crippen LogP contribution in [0.3, 0.4) is 0 Å². The number of hydrogen-bond acceptors (Lipinski definition) is 8. The summed E-state index contributed by atoms with van der Waals surface area (Å²) in [4.78, 5) is 23.6. The van der Waals surface area contributed by atoms with E-state index in [9.17, 15) is 9.46 Å². The predicted molar refractivity (Wildman–Crippen MR) is 187 cm³/mol. The SMILES string of the molecule is CC(C)CCCC(C)C1CCC2C3CC=C4C[C@@H](OP(=O)(O)OC5C[C@H](n6cnc7c(N)ncnc76)O[C@@H]5C)CC[C@]4(C)C3CC[C@]12C. The number of imidazole rings is 1. The molecule has 12 atom stereocenters. The van der Waals surface area contributed by atoms with Gasteiger partial charge in [-0.1, -0.05) is 65.5 Å². The highest BCUT2D eigenvalue weighted by Crippen LogP contribution is 2.68. The van der Waals surface area contributed by atoms with Crippen molar-refractivity contribution in [1.29, 1.82) is 0 Å². The first kappa shape index (κ1) is 34.6. The van der Waals surface area contributed by atoms with Crippen LogP contribution in [0.25, 0.3) is 11.2 Å². The topological polar surface area (TPSA) is 135 Å². The molecule has 48 heavy (non-hydrogen) atoms. The van der Waals surface area contributed by atoms with E-state index in [2.05, 4.69) is 55.6 Å². The van der Waals surface area contributed by atoms with E-state index in [0.29, 0.717) is 41.2 Å². The van der Waals surface area contributed by atoms with Gasteiger partial charge in [-0.3, -0.25) is 13.6 Å². The number of aromatic nitrogens is 4. The Bertz CT molecular complexity index is 1560. The van der Waals surface area contributed by atoms with Gasteiger partial charge in [-0.05, 0) is 105 Å². The van der Waals surface area contributed by atoms with Gasteiger partial charge >= 0.3 is 7.82 Å². The lowest BCUT2D eigenvalue weighted by molar-refractivity contribution is -0.0583. The molecule has 4 aliphatic carbocycles. The molecule has 3 saturated carbocycles. The maximum absolute atomic E-state index is 13.4. The lowest BCUT2D eigenvalue weighted by Gasteiger charge is -2.58. The van der Waals surface area contributed by atoms with Gasteiger partial charge < -0.3 is 15.4 Å². The predicted octanol–water partition coefficient (Wildman–Crippen LogP) is 8.63. The van der Waals surface area contributed by atoms with Crippen molar-refractivity contribution in [2.75, 3.05) is 5.73 Å². The third-order valence-electron chi connectivity index (χ3n) is 13.8. The summed E-state index contributed by atoms with van der Waals surface area (Å²) in [5, 5.41) is 0. The normalized spacial score (nSPS) is 39.9. The average Bonchev–Trinajstić information content (AvgIpc) is 3.72. The number of anilines is 1. The Labute approximate surface area is 286 Å². The fourth-order valence-corrected chi connectivity index (χ4v) is 12.5. The number of allylic oxidation sites excluding steroid dienone is 1. The quantitative estimate of drug-likeness (QED) is 0.186. The number of nitrogens with zero attached hydrogens (tertiary/aromatic N) is 4. The smallest absolute Gasteiger partial charge is 0.382 e. The number of ether oxygens (including phenoxy) is 1. The summed E-state index contributed by atoms with van der Waals surface area (Å²) in [5.41, 5.74) is 9.06. The largest absolute Gasteiger partial charge is 0.472 e. The molecular formula is C37H58N5O5P. The zero-order chi connectivity index (χ0) is 34.0. The second-order valence-corrected chi connectivity index (χ2v) is 18.3. The van der Waals surface area contributed by atoms with E-state index < -0.39 is 26.3 Å². The van der Waals surface area contributed by atoms with Gasteiger partial charge in [0.05, 0.1) is 24.6 Å². The molecular weight excluding hydrogens is 625 g/mol. The minimum atomic E-state index is -4.34. The van der Waals surface area contributed by atoms with Crippen molar-refractivity contribution in [3.8, 4) is 0 Å². The first-order valence-electron chi connectivity index (χ1n) is 18.8. The van der Waals surface area contributed by atoms with E-state index in [1.165, 1.54) is 56.8 Å². The Morgan fingerprint density at radius 2 is 1.90 bits per heavy atom. The molecule has 0 aromatic carbocycles. The van der Waals surface area contributed by atoms with Crippen molar-refractivity contribution in [3.05, 3.63) is 24.3 Å². The van der Waals surface area contributed by atoms with Gasteiger partial charge in [-0.25, -0.2) is 19.5 Å². The number of phosphoric acid groups is 1. The molecule has 0 radical (unpaired) electrons. The first-order valence-corrected chi connectivity index (χ1v) is 20.3. The van der Waals surface area contributed by atoms with Gasteiger partial charge in [0.15, 0.2) is 11.5 Å². The lowest BCUT2D eigenvalue weighted by Crippen LogP contribution is -2.51. The summed E-state index contributed by atoms with van der Waals surface area (Å²) in [6.07, 6.45) is 17.2. The molecule has 0 amide bonds. The summed E-state index contributed by atoms with van der Waals surface area (Å²) in [7, 11) is -4.34. The van der Waals surface area contributed by atoms with E-state index in [1.807, 2.05) is 6.92 Å². The fraction of sp³-hybridized carbons (Fsp3) is 0.811. The highest BCUT2D eigenvalue weighted by molar-refractivity contribution is 7.47. The minimum absolute atomic E-state index is 0.146. The maximum atomic E-state index is 13.4. The monoisotopic (exact) mass is 683 g/mol. The molecule has 11 heteroatoms. The second-order valence-electron chi connectivity index (χ2n) is 17.0. The second kappa shape index (κ2) is 13.0. The molecule has 2 aromatic heterocycles. The van der Waals surface area contributed by atoms with Gasteiger partial charge in [0.25, 0.3) is 0 Å². The van der Waals surface area contributed by atoms with Gasteiger partial charge in [-0.2, -0.15) is 0 Å². The third kappa shape index (κ3) is 6.20. The Hall–Kier alpha value is -1.84. The van der Waals surface area contributed by atoms with E-state index in [0.717, 1.165) is 48.9 Å². The number of hydrogen-bond donors (Lipinski definition) is 2. The van der Waals surface area contributed by atoms with Crippen LogP contribution in [0.4, 0.5) is 5.82 Å². The van der Waals surface area contributed by atoms with E-state index in [4.69, 9.17) is 19.5 Å². The average molecular weight is 684 g/mol. The van der Waals surface area contributed by atoms with Crippen LogP contribution in [0.1, 0.15) is 125 Å². The summed E-state index contributed by atoms with van der Waals surface area (Å²) >= 11 is 0. The van der Waals surface area contributed by atoms with Gasteiger partial charge in [0.2, 0.25) is 0 Å². The van der Waals surface area contributed by atoms with Crippen LogP contribution < -0.4 is 5.73 Å². The maximum Gasteiger partial charge on any atom is 0.472 e. The highest BCUT2D eigenvalue weighted by atomic mass is 31.2. The van der Waals surface area contributed by atoms with Gasteiger partial charge in [0.1, 0.15) is 18.1 Å². The molecule has 5 aliphatic rings. The summed E-state index contributed by atoms with van der Waals surface area (Å²) in [5.74, 6) is 5.02. The Morgan fingerprint density at radius 1 is 1.08 bits per heavy atom. The molecule has 0 spiro atoms. The first-order chi connectivity index (χ1) is 22.8. The Kier molecular flexibility index (Phi) is 9.40. The van der Waals surface area contributed by atoms with Crippen molar-refractivity contribution in [3.63, 3.8) is 0 Å². The number of rotatable bonds is 10. The molecule has 2 aromatic rings. The van der Waals surface area contributed by atoms with Crippen molar-refractivity contribution >= 4 is 24.8 Å². The van der Waals surface area contributed by atoms with E-state index in [1.54, 1.807) is 10.9 Å². The molecule has 4 fully saturated rings. The molecule has 266 valence electrons. The Balaban J connectivity index is 0.972. The van der Waals surface area contributed by atoms with E-state index in [-0.39, 0.29) is 11.5 Å². The number of nitrogens with two attached hydrogens (primary N) is 1. The van der Waals surface area contributed by atoms with Crippen LogP contribution in [0.2, 0.25) is 0 Å². The highest BCUT2D eigenvalue weighted by Gasteiger charge is 2.59. The van der Waals surface area contributed by atoms with E-state index >= 15 is 0 Å². The fourth-order valence-electron chi connectivity index (χ4n) is 11.3. The van der Waals surface area contributed by atoms with Crippen molar-refractivity contribution in [2.45, 2.75) is 143 Å². The molecule has 7 unspecified atom stereocenters. The summed E-state index contributed by atoms with van der Waals surface area (Å²) in [6.45, 7) is 14.2. The van der Waals surface area contributed by atoms with Crippen LogP contribution in [0.15, 0.2) is 24.3 Å². The van der Waals surface area contributed by atoms with Crippen LogP contribution in [0.5, 0.6) is 0 Å². The van der Waals surface area contributed by atoms with Gasteiger partial charge in [0, 0.05) is 6.42 Å². The van der Waals surface area contributed by atoms with Crippen LogP contribution in [0, 0.1) is 46.3 Å². The molecule has 1 aliphatic heterocycles. The third-order valence-corrected chi connectivity index (χ3v) is 14.9. The Morgan fingerprint density at radius 3 is 2.69 bits per heavy atom. The standard InChI is InChI=1S/C37H58N5O5P/c1-22(2)8-7-9-23(3)28-12-13-29-27-11-10-25-18-26(14-16-36(25,5)30(27)15-17-37(28,29)6)46-48(43,44)47-31-19-32(45-24(31)4)42-21-41-33-34(38)39-20-40-35(33)42/h10,20-24,26-32H,7-9,11-19H2,1-6H3,(H,43,44)(H2,38,39,40)/t23?,24-,26+,27?,28?,29?,30?,31?,32-,36+,37-/m1/s1. The molecule has 7 rings (SSSR count). The minimum Gasteiger partial charge on any atom is -0.382 e. The zero-order valence-electron chi connectivity index (χ0n) is 29.9. The molecule has 3 N–H and O–H groups in total. The zero-order valence-corrected chi connectivity index (χ0v) is 30.8.